The predicted octanol–water partition coefficient (Wildman–Crippen LogP) is 2.21. The van der Waals surface area contributed by atoms with Gasteiger partial charge in [-0.15, -0.1) is 0 Å². The van der Waals surface area contributed by atoms with Gasteiger partial charge in [0.05, 0.1) is 23.5 Å². The second-order valence-corrected chi connectivity index (χ2v) is 20.4. The molecule has 2 saturated carbocycles. The van der Waals surface area contributed by atoms with E-state index >= 15 is 0 Å². The van der Waals surface area contributed by atoms with E-state index in [9.17, 15) is 43.2 Å². The van der Waals surface area contributed by atoms with Crippen LogP contribution >= 0.6 is 0 Å². The quantitative estimate of drug-likeness (QED) is 0.0309. The molecule has 2 aliphatic rings. The van der Waals surface area contributed by atoms with Crippen LogP contribution in [-0.2, 0) is 67.3 Å². The summed E-state index contributed by atoms with van der Waals surface area (Å²) < 4.78 is 8.04. The van der Waals surface area contributed by atoms with Crippen LogP contribution < -0.4 is 37.2 Å². The lowest BCUT2D eigenvalue weighted by atomic mass is 10.1. The number of amides is 7. The Balaban J connectivity index is 0.000000269. The molecule has 0 radical (unpaired) electrons. The van der Waals surface area contributed by atoms with Crippen LogP contribution in [0.2, 0.25) is 0 Å². The van der Waals surface area contributed by atoms with Crippen molar-refractivity contribution in [1.82, 2.24) is 69.3 Å². The highest BCUT2D eigenvalue weighted by Gasteiger charge is 2.25. The standard InChI is InChI=1S/C33H46N8O5.C21H30N8O4/c1-38(2)14-8-12-34-33(46)27-15-22(19-39(27)3)16-29(43)31-37-25(21-41(31)5)18-28(42)26-17-24(20-40(26)4)36-30(44)11-13-35-32(45)23-9-6-7-10-23;1-28-12-11-22-17(28)20(32)23-8-7-16(30)26-15-13-29(2)18(27-15)21(33)25-10-9-24-19(31)14-5-3-4-6-14/h15,17,19-21,23H,6-14,16,18H2,1-5H3,(H,34,46)(H,35,45)(H,36,44);11-14H,3-10H2,1-2H3,(H,23,32)(H,24,31)(H,25,33)(H,26,30). The Hall–Kier alpha value is -8.22. The fraction of sp³-hybridized carbons (Fsp3) is 0.519. The van der Waals surface area contributed by atoms with Crippen LogP contribution in [0.4, 0.5) is 11.5 Å². The van der Waals surface area contributed by atoms with Crippen molar-refractivity contribution in [2.45, 2.75) is 83.5 Å². The molecule has 0 aromatic carbocycles. The molecule has 5 heterocycles. The van der Waals surface area contributed by atoms with Gasteiger partial charge in [-0.1, -0.05) is 25.7 Å². The van der Waals surface area contributed by atoms with Crippen LogP contribution in [0.1, 0.15) is 135 Å². The number of nitrogens with one attached hydrogen (secondary N) is 7. The van der Waals surface area contributed by atoms with Crippen molar-refractivity contribution in [2.75, 3.05) is 64.0 Å². The molecule has 0 saturated heterocycles. The molecule has 7 amide bonds. The van der Waals surface area contributed by atoms with Crippen molar-refractivity contribution >= 4 is 64.4 Å². The number of ketones is 2. The van der Waals surface area contributed by atoms with Gasteiger partial charge < -0.3 is 65.0 Å². The number of hydrogen-bond donors (Lipinski definition) is 7. The number of rotatable bonds is 26. The summed E-state index contributed by atoms with van der Waals surface area (Å²) in [4.78, 5) is 127. The van der Waals surface area contributed by atoms with Gasteiger partial charge in [-0.25, -0.2) is 15.0 Å². The van der Waals surface area contributed by atoms with E-state index in [2.05, 4.69) is 57.1 Å². The zero-order valence-electron chi connectivity index (χ0n) is 46.4. The normalized spacial score (nSPS) is 13.4. The number of imidazole rings is 3. The second-order valence-electron chi connectivity index (χ2n) is 20.4. The summed E-state index contributed by atoms with van der Waals surface area (Å²) in [5.41, 5.74) is 2.50. The fourth-order valence-electron chi connectivity index (χ4n) is 9.47. The number of nitrogens with zero attached hydrogens (tertiary/aromatic N) is 9. The van der Waals surface area contributed by atoms with E-state index in [0.717, 1.165) is 64.3 Å². The molecule has 25 nitrogen and oxygen atoms in total. The Kier molecular flexibility index (Phi) is 22.0. The molecule has 0 spiro atoms. The van der Waals surface area contributed by atoms with E-state index in [1.807, 2.05) is 14.1 Å². The highest BCUT2D eigenvalue weighted by atomic mass is 16.2. The van der Waals surface area contributed by atoms with E-state index in [1.165, 1.54) is 17.0 Å². The molecule has 0 atom stereocenters. The van der Waals surface area contributed by atoms with E-state index in [4.69, 9.17) is 0 Å². The van der Waals surface area contributed by atoms with Crippen molar-refractivity contribution < 1.29 is 43.2 Å². The van der Waals surface area contributed by atoms with Crippen molar-refractivity contribution in [2.24, 2.45) is 47.1 Å². The minimum absolute atomic E-state index is 0.0117. The van der Waals surface area contributed by atoms with Crippen molar-refractivity contribution in [3.05, 3.63) is 89.4 Å². The van der Waals surface area contributed by atoms with Gasteiger partial charge in [0, 0.05) is 136 Å². The summed E-state index contributed by atoms with van der Waals surface area (Å²) in [6.45, 7) is 2.45. The fourth-order valence-corrected chi connectivity index (χ4v) is 9.47. The van der Waals surface area contributed by atoms with Crippen molar-refractivity contribution in [3.63, 3.8) is 0 Å². The molecule has 2 fully saturated rings. The number of aryl methyl sites for hydroxylation is 5. The first-order valence-corrected chi connectivity index (χ1v) is 26.8. The van der Waals surface area contributed by atoms with Crippen molar-refractivity contribution in [3.8, 4) is 0 Å². The minimum Gasteiger partial charge on any atom is -0.355 e. The maximum Gasteiger partial charge on any atom is 0.287 e. The average molecular weight is 1090 g/mol. The molecule has 426 valence electrons. The minimum atomic E-state index is -0.407. The zero-order valence-corrected chi connectivity index (χ0v) is 46.4. The predicted molar refractivity (Wildman–Crippen MR) is 293 cm³/mol. The average Bonchev–Trinajstić information content (AvgIpc) is 4.27. The Morgan fingerprint density at radius 3 is 1.76 bits per heavy atom. The molecule has 7 N–H and O–H groups in total. The smallest absolute Gasteiger partial charge is 0.287 e. The lowest BCUT2D eigenvalue weighted by Gasteiger charge is -2.10. The van der Waals surface area contributed by atoms with Crippen LogP contribution in [-0.4, -0.2) is 149 Å². The van der Waals surface area contributed by atoms with Gasteiger partial charge in [0.15, 0.2) is 23.2 Å². The van der Waals surface area contributed by atoms with Crippen LogP contribution in [0.3, 0.4) is 0 Å². The summed E-state index contributed by atoms with van der Waals surface area (Å²) in [6.07, 6.45) is 18.8. The highest BCUT2D eigenvalue weighted by Crippen LogP contribution is 2.25. The topological polar surface area (TPSA) is 304 Å². The monoisotopic (exact) mass is 1090 g/mol. The van der Waals surface area contributed by atoms with Crippen LogP contribution in [0, 0.1) is 11.8 Å². The molecule has 2 aliphatic carbocycles. The molecule has 7 rings (SSSR count). The van der Waals surface area contributed by atoms with Crippen LogP contribution in [0.15, 0.2) is 49.3 Å². The van der Waals surface area contributed by atoms with E-state index in [1.54, 1.807) is 90.4 Å². The molecule has 0 aliphatic heterocycles. The van der Waals surface area contributed by atoms with E-state index in [-0.39, 0.29) is 127 Å². The number of aromatic nitrogens is 8. The third-order valence-electron chi connectivity index (χ3n) is 13.6. The Morgan fingerprint density at radius 1 is 0.544 bits per heavy atom. The molecular formula is C54H76N16O9. The third kappa shape index (κ3) is 17.9. The summed E-state index contributed by atoms with van der Waals surface area (Å²) in [7, 11) is 12.5. The van der Waals surface area contributed by atoms with Gasteiger partial charge in [-0.2, -0.15) is 0 Å². The molecular weight excluding hydrogens is 1020 g/mol. The van der Waals surface area contributed by atoms with Crippen LogP contribution in [0.5, 0.6) is 0 Å². The summed E-state index contributed by atoms with van der Waals surface area (Å²) in [5.74, 6) is -0.971. The van der Waals surface area contributed by atoms with Crippen molar-refractivity contribution in [1.29, 1.82) is 0 Å². The number of hydrogen-bond acceptors (Lipinski definition) is 13. The summed E-state index contributed by atoms with van der Waals surface area (Å²) in [6, 6.07) is 3.32. The summed E-state index contributed by atoms with van der Waals surface area (Å²) >= 11 is 0. The molecule has 5 aromatic rings. The SMILES string of the molecule is CN(C)CCCNC(=O)c1cc(CC(=O)c2nc(CC(=O)c3cc(NC(=O)CCNC(=O)C4CCCC4)cn3C)cn2C)cn1C.Cn1ccnc1C(=O)NCCC(=O)Nc1cn(C)c(C(=O)NCCNC(=O)C2CCCC2)n1. The number of carbonyl (C=O) groups excluding carboxylic acids is 9. The number of carbonyl (C=O) groups is 9. The Labute approximate surface area is 459 Å². The summed E-state index contributed by atoms with van der Waals surface area (Å²) in [5, 5.41) is 19.3. The maximum absolute atomic E-state index is 13.2. The lowest BCUT2D eigenvalue weighted by molar-refractivity contribution is -0.125. The Bertz CT molecular complexity index is 2960. The van der Waals surface area contributed by atoms with Gasteiger partial charge in [0.25, 0.3) is 17.7 Å². The third-order valence-corrected chi connectivity index (χ3v) is 13.6. The highest BCUT2D eigenvalue weighted by molar-refractivity contribution is 6.00. The second kappa shape index (κ2) is 29.0. The first-order chi connectivity index (χ1) is 37.8. The van der Waals surface area contributed by atoms with E-state index in [0.29, 0.717) is 41.4 Å². The first-order valence-electron chi connectivity index (χ1n) is 26.8. The van der Waals surface area contributed by atoms with Gasteiger partial charge in [-0.3, -0.25) is 43.2 Å². The van der Waals surface area contributed by atoms with Gasteiger partial charge in [0.2, 0.25) is 35.2 Å². The Morgan fingerprint density at radius 2 is 1.11 bits per heavy atom. The molecule has 0 unspecified atom stereocenters. The van der Waals surface area contributed by atoms with Gasteiger partial charge >= 0.3 is 0 Å². The lowest BCUT2D eigenvalue weighted by Crippen LogP contribution is -2.37. The van der Waals surface area contributed by atoms with Crippen LogP contribution in [0.25, 0.3) is 0 Å². The zero-order chi connectivity index (χ0) is 57.2. The van der Waals surface area contributed by atoms with Gasteiger partial charge in [-0.05, 0) is 70.4 Å². The number of anilines is 2. The molecule has 0 bridgehead atoms. The molecule has 79 heavy (non-hydrogen) atoms. The molecule has 25 heteroatoms. The van der Waals surface area contributed by atoms with Gasteiger partial charge in [0.1, 0.15) is 5.69 Å². The maximum atomic E-state index is 13.2. The molecule has 5 aromatic heterocycles. The first kappa shape index (κ1) is 60.0. The van der Waals surface area contributed by atoms with E-state index < -0.39 is 5.91 Å². The largest absolute Gasteiger partial charge is 0.355 e. The number of Topliss-reactive ketones (excluding diaryl/α,β-unsaturated/α-hetero) is 2.